The lowest BCUT2D eigenvalue weighted by atomic mass is 9.73. The lowest BCUT2D eigenvalue weighted by molar-refractivity contribution is 0.102. The number of amides is 1. The van der Waals surface area contributed by atoms with Crippen LogP contribution in [0, 0.1) is 0 Å². The summed E-state index contributed by atoms with van der Waals surface area (Å²) in [5.41, 5.74) is 3.36. The fourth-order valence-corrected chi connectivity index (χ4v) is 4.03. The monoisotopic (exact) mass is 417 g/mol. The number of hydrogen-bond acceptors (Lipinski definition) is 6. The molecular weight excluding hydrogens is 390 g/mol. The van der Waals surface area contributed by atoms with Crippen molar-refractivity contribution in [2.45, 2.75) is 18.3 Å². The Morgan fingerprint density at radius 1 is 1.00 bits per heavy atom. The number of pyridine rings is 2. The number of carbonyl (C=O) groups is 1. The average molecular weight is 418 g/mol. The Hall–Kier alpha value is -3.45. The summed E-state index contributed by atoms with van der Waals surface area (Å²) in [6.45, 7) is 2.71. The topological polar surface area (TPSA) is 88.2 Å². The molecule has 31 heavy (non-hydrogen) atoms. The Balaban J connectivity index is 1.50. The van der Waals surface area contributed by atoms with Crippen molar-refractivity contribution in [3.05, 3.63) is 78.4 Å². The number of anilines is 2. The van der Waals surface area contributed by atoms with Gasteiger partial charge in [0.1, 0.15) is 5.75 Å². The summed E-state index contributed by atoms with van der Waals surface area (Å²) >= 11 is 0. The number of ether oxygens (including phenoxy) is 1. The molecule has 1 aliphatic rings. The minimum absolute atomic E-state index is 0.00865. The number of piperidine rings is 1. The number of benzene rings is 1. The number of methoxy groups -OCH3 is 1. The number of aromatic nitrogens is 2. The van der Waals surface area contributed by atoms with Gasteiger partial charge in [-0.2, -0.15) is 0 Å². The second kappa shape index (κ2) is 9.57. The molecule has 4 rings (SSSR count). The molecule has 1 amide bonds. The Kier molecular flexibility index (Phi) is 6.43. The normalized spacial score (nSPS) is 15.1. The molecule has 7 heteroatoms. The van der Waals surface area contributed by atoms with Gasteiger partial charge in [-0.25, -0.2) is 0 Å². The molecule has 0 atom stereocenters. The highest BCUT2D eigenvalue weighted by Gasteiger charge is 2.33. The van der Waals surface area contributed by atoms with Gasteiger partial charge in [0.15, 0.2) is 0 Å². The Morgan fingerprint density at radius 2 is 1.71 bits per heavy atom. The lowest BCUT2D eigenvalue weighted by Crippen LogP contribution is -2.44. The molecule has 0 saturated carbocycles. The predicted molar refractivity (Wildman–Crippen MR) is 122 cm³/mol. The molecule has 1 fully saturated rings. The van der Waals surface area contributed by atoms with Crippen LogP contribution in [0.1, 0.15) is 28.8 Å². The summed E-state index contributed by atoms with van der Waals surface area (Å²) in [5, 5.41) is 10.0. The standard InChI is InChI=1S/C24H27N5O2/c1-31-20-4-2-18(3-5-20)23(30)29-22-16-27-13-8-21(22)28-17-24(9-14-26-15-10-24)19-6-11-25-12-7-19/h2-8,11-13,16,26H,9-10,14-15,17H2,1H3,(H,27,28)(H,29,30). The summed E-state index contributed by atoms with van der Waals surface area (Å²) in [6, 6.07) is 13.1. The summed E-state index contributed by atoms with van der Waals surface area (Å²) in [6.07, 6.45) is 9.17. The van der Waals surface area contributed by atoms with Crippen LogP contribution < -0.4 is 20.7 Å². The van der Waals surface area contributed by atoms with E-state index in [0.29, 0.717) is 17.0 Å². The first kappa shape index (κ1) is 20.8. The summed E-state index contributed by atoms with van der Waals surface area (Å²) in [5.74, 6) is 0.521. The van der Waals surface area contributed by atoms with Crippen molar-refractivity contribution in [1.29, 1.82) is 0 Å². The minimum atomic E-state index is -0.190. The number of nitrogens with one attached hydrogen (secondary N) is 3. The maximum Gasteiger partial charge on any atom is 0.255 e. The van der Waals surface area contributed by atoms with E-state index >= 15 is 0 Å². The average Bonchev–Trinajstić information content (AvgIpc) is 2.84. The number of rotatable bonds is 7. The smallest absolute Gasteiger partial charge is 0.255 e. The molecule has 2 aromatic heterocycles. The molecule has 160 valence electrons. The SMILES string of the molecule is COc1ccc(C(=O)Nc2cnccc2NCC2(c3ccncc3)CCNCC2)cc1. The largest absolute Gasteiger partial charge is 0.497 e. The van der Waals surface area contributed by atoms with Gasteiger partial charge in [0, 0.05) is 36.1 Å². The Bertz CT molecular complexity index is 1000. The molecule has 3 N–H and O–H groups in total. The first-order valence-corrected chi connectivity index (χ1v) is 10.4. The molecule has 0 radical (unpaired) electrons. The second-order valence-corrected chi connectivity index (χ2v) is 7.72. The van der Waals surface area contributed by atoms with Crippen LogP contribution in [0.15, 0.2) is 67.3 Å². The van der Waals surface area contributed by atoms with Gasteiger partial charge < -0.3 is 20.7 Å². The van der Waals surface area contributed by atoms with Gasteiger partial charge in [-0.05, 0) is 74.0 Å². The summed E-state index contributed by atoms with van der Waals surface area (Å²) in [4.78, 5) is 21.1. The molecule has 3 aromatic rings. The molecular formula is C24H27N5O2. The van der Waals surface area contributed by atoms with E-state index in [2.05, 4.69) is 38.1 Å². The van der Waals surface area contributed by atoms with Crippen molar-refractivity contribution in [2.75, 3.05) is 37.4 Å². The number of hydrogen-bond donors (Lipinski definition) is 3. The van der Waals surface area contributed by atoms with E-state index in [4.69, 9.17) is 4.74 Å². The summed E-state index contributed by atoms with van der Waals surface area (Å²) < 4.78 is 5.16. The first-order chi connectivity index (χ1) is 15.2. The van der Waals surface area contributed by atoms with Crippen LogP contribution in [-0.4, -0.2) is 42.6 Å². The zero-order valence-corrected chi connectivity index (χ0v) is 17.6. The van der Waals surface area contributed by atoms with Gasteiger partial charge in [0.05, 0.1) is 24.7 Å². The third-order valence-corrected chi connectivity index (χ3v) is 5.89. The van der Waals surface area contributed by atoms with Crippen LogP contribution in [0.2, 0.25) is 0 Å². The van der Waals surface area contributed by atoms with E-state index in [0.717, 1.165) is 38.2 Å². The van der Waals surface area contributed by atoms with Crippen LogP contribution in [0.4, 0.5) is 11.4 Å². The van der Waals surface area contributed by atoms with Crippen molar-refractivity contribution in [2.24, 2.45) is 0 Å². The fraction of sp³-hybridized carbons (Fsp3) is 0.292. The molecule has 0 aliphatic carbocycles. The van der Waals surface area contributed by atoms with E-state index in [-0.39, 0.29) is 11.3 Å². The quantitative estimate of drug-likeness (QED) is 0.546. The Morgan fingerprint density at radius 3 is 2.42 bits per heavy atom. The second-order valence-electron chi connectivity index (χ2n) is 7.72. The van der Waals surface area contributed by atoms with E-state index in [1.165, 1.54) is 5.56 Å². The van der Waals surface area contributed by atoms with E-state index in [1.54, 1.807) is 43.8 Å². The van der Waals surface area contributed by atoms with Gasteiger partial charge >= 0.3 is 0 Å². The molecule has 1 aliphatic heterocycles. The van der Waals surface area contributed by atoms with Crippen molar-refractivity contribution < 1.29 is 9.53 Å². The van der Waals surface area contributed by atoms with Gasteiger partial charge in [0.25, 0.3) is 5.91 Å². The van der Waals surface area contributed by atoms with Crippen LogP contribution in [0.25, 0.3) is 0 Å². The zero-order valence-electron chi connectivity index (χ0n) is 17.6. The van der Waals surface area contributed by atoms with Crippen LogP contribution in [0.3, 0.4) is 0 Å². The number of nitrogens with zero attached hydrogens (tertiary/aromatic N) is 2. The molecule has 0 unspecified atom stereocenters. The highest BCUT2D eigenvalue weighted by molar-refractivity contribution is 6.05. The highest BCUT2D eigenvalue weighted by atomic mass is 16.5. The molecule has 3 heterocycles. The van der Waals surface area contributed by atoms with Gasteiger partial charge in [-0.15, -0.1) is 0 Å². The van der Waals surface area contributed by atoms with E-state index < -0.39 is 0 Å². The maximum atomic E-state index is 12.7. The highest BCUT2D eigenvalue weighted by Crippen LogP contribution is 2.34. The van der Waals surface area contributed by atoms with Crippen molar-refractivity contribution in [3.8, 4) is 5.75 Å². The molecule has 1 saturated heterocycles. The third kappa shape index (κ3) is 4.83. The zero-order chi connectivity index (χ0) is 21.5. The van der Waals surface area contributed by atoms with Gasteiger partial charge in [-0.1, -0.05) is 0 Å². The van der Waals surface area contributed by atoms with Crippen molar-refractivity contribution in [3.63, 3.8) is 0 Å². The van der Waals surface area contributed by atoms with E-state index in [1.807, 2.05) is 18.5 Å². The molecule has 0 spiro atoms. The van der Waals surface area contributed by atoms with Crippen LogP contribution in [0.5, 0.6) is 5.75 Å². The summed E-state index contributed by atoms with van der Waals surface area (Å²) in [7, 11) is 1.60. The predicted octanol–water partition coefficient (Wildman–Crippen LogP) is 3.47. The maximum absolute atomic E-state index is 12.7. The minimum Gasteiger partial charge on any atom is -0.497 e. The van der Waals surface area contributed by atoms with Gasteiger partial charge in [0.2, 0.25) is 0 Å². The molecule has 0 bridgehead atoms. The molecule has 7 nitrogen and oxygen atoms in total. The van der Waals surface area contributed by atoms with Gasteiger partial charge in [-0.3, -0.25) is 14.8 Å². The first-order valence-electron chi connectivity index (χ1n) is 10.4. The van der Waals surface area contributed by atoms with Crippen molar-refractivity contribution >= 4 is 17.3 Å². The van der Waals surface area contributed by atoms with E-state index in [9.17, 15) is 4.79 Å². The van der Waals surface area contributed by atoms with Crippen molar-refractivity contribution in [1.82, 2.24) is 15.3 Å². The molecule has 1 aromatic carbocycles. The van der Waals surface area contributed by atoms with Crippen LogP contribution >= 0.6 is 0 Å². The lowest BCUT2D eigenvalue weighted by Gasteiger charge is -2.38. The number of carbonyl (C=O) groups excluding carboxylic acids is 1. The fourth-order valence-electron chi connectivity index (χ4n) is 4.03. The Labute approximate surface area is 182 Å². The van der Waals surface area contributed by atoms with Crippen LogP contribution in [-0.2, 0) is 5.41 Å². The third-order valence-electron chi connectivity index (χ3n) is 5.89.